The molecule has 0 saturated heterocycles. The summed E-state index contributed by atoms with van der Waals surface area (Å²) >= 11 is 0. The van der Waals surface area contributed by atoms with E-state index < -0.39 is 0 Å². The molecule has 1 unspecified atom stereocenters. The van der Waals surface area contributed by atoms with Gasteiger partial charge in [-0.05, 0) is 36.1 Å². The van der Waals surface area contributed by atoms with Crippen LogP contribution in [-0.2, 0) is 13.0 Å². The number of nitrogens with two attached hydrogens (primary N) is 1. The number of rotatable bonds is 2. The molecule has 108 valence electrons. The van der Waals surface area contributed by atoms with Crippen molar-refractivity contribution in [3.05, 3.63) is 59.4 Å². The molecule has 1 amide bonds. The van der Waals surface area contributed by atoms with Crippen molar-refractivity contribution >= 4 is 11.6 Å². The fourth-order valence-electron chi connectivity index (χ4n) is 2.87. The van der Waals surface area contributed by atoms with E-state index in [1.165, 1.54) is 5.56 Å². The van der Waals surface area contributed by atoms with E-state index in [0.717, 1.165) is 24.3 Å². The molecule has 4 heteroatoms. The zero-order valence-electron chi connectivity index (χ0n) is 12.1. The van der Waals surface area contributed by atoms with Crippen molar-refractivity contribution < 1.29 is 4.79 Å². The Balaban J connectivity index is 1.97. The summed E-state index contributed by atoms with van der Waals surface area (Å²) in [6.45, 7) is 3.26. The van der Waals surface area contributed by atoms with E-state index >= 15 is 0 Å². The van der Waals surface area contributed by atoms with Crippen molar-refractivity contribution in [2.75, 3.05) is 11.4 Å². The highest BCUT2D eigenvalue weighted by atomic mass is 16.2. The number of hydrogen-bond acceptors (Lipinski definition) is 3. The molecular formula is C17H19N3O. The largest absolute Gasteiger partial charge is 0.325 e. The Hall–Kier alpha value is -2.20. The molecule has 3 rings (SSSR count). The number of carbonyl (C=O) groups excluding carboxylic acids is 1. The van der Waals surface area contributed by atoms with Gasteiger partial charge in [0.1, 0.15) is 0 Å². The van der Waals surface area contributed by atoms with Crippen molar-refractivity contribution in [1.29, 1.82) is 0 Å². The van der Waals surface area contributed by atoms with Crippen LogP contribution in [0.1, 0.15) is 28.5 Å². The molecule has 21 heavy (non-hydrogen) atoms. The Bertz CT molecular complexity index is 669. The molecule has 1 aromatic carbocycles. The number of pyridine rings is 1. The van der Waals surface area contributed by atoms with E-state index in [4.69, 9.17) is 5.73 Å². The Morgan fingerprint density at radius 2 is 2.19 bits per heavy atom. The lowest BCUT2D eigenvalue weighted by Gasteiger charge is -2.33. The van der Waals surface area contributed by atoms with E-state index in [9.17, 15) is 4.79 Å². The molecule has 2 aromatic rings. The third-order valence-electron chi connectivity index (χ3n) is 3.86. The van der Waals surface area contributed by atoms with Crippen molar-refractivity contribution in [1.82, 2.24) is 4.98 Å². The second kappa shape index (κ2) is 5.66. The molecule has 2 heterocycles. The SMILES string of the molecule is CC1Cc2ccccc2N(C(=O)c2ccnc(CN)c2)C1. The number of fused-ring (bicyclic) bond motifs is 1. The fourth-order valence-corrected chi connectivity index (χ4v) is 2.87. The molecule has 0 spiro atoms. The summed E-state index contributed by atoms with van der Waals surface area (Å²) in [4.78, 5) is 18.9. The van der Waals surface area contributed by atoms with Gasteiger partial charge in [0.05, 0.1) is 5.69 Å². The van der Waals surface area contributed by atoms with Crippen LogP contribution in [-0.4, -0.2) is 17.4 Å². The predicted octanol–water partition coefficient (Wildman–Crippen LogP) is 2.38. The third kappa shape index (κ3) is 2.67. The Morgan fingerprint density at radius 3 is 3.00 bits per heavy atom. The lowest BCUT2D eigenvalue weighted by Crippen LogP contribution is -2.39. The molecular weight excluding hydrogens is 262 g/mol. The number of benzene rings is 1. The van der Waals surface area contributed by atoms with Crippen LogP contribution in [0.5, 0.6) is 0 Å². The zero-order chi connectivity index (χ0) is 14.8. The van der Waals surface area contributed by atoms with Crippen molar-refractivity contribution in [2.24, 2.45) is 11.7 Å². The summed E-state index contributed by atoms with van der Waals surface area (Å²) in [7, 11) is 0. The van der Waals surface area contributed by atoms with Gasteiger partial charge in [-0.15, -0.1) is 0 Å². The Morgan fingerprint density at radius 1 is 1.38 bits per heavy atom. The first-order chi connectivity index (χ1) is 10.2. The van der Waals surface area contributed by atoms with E-state index in [-0.39, 0.29) is 5.91 Å². The van der Waals surface area contributed by atoms with Crippen LogP contribution in [0.15, 0.2) is 42.6 Å². The van der Waals surface area contributed by atoms with Gasteiger partial charge >= 0.3 is 0 Å². The van der Waals surface area contributed by atoms with E-state index in [2.05, 4.69) is 18.0 Å². The molecule has 0 aliphatic carbocycles. The molecule has 0 radical (unpaired) electrons. The summed E-state index contributed by atoms with van der Waals surface area (Å²) in [5.74, 6) is 0.478. The summed E-state index contributed by atoms with van der Waals surface area (Å²) in [5, 5.41) is 0. The Labute approximate surface area is 124 Å². The van der Waals surface area contributed by atoms with Crippen LogP contribution in [0.3, 0.4) is 0 Å². The second-order valence-electron chi connectivity index (χ2n) is 5.59. The maximum atomic E-state index is 12.8. The highest BCUT2D eigenvalue weighted by Crippen LogP contribution is 2.30. The van der Waals surface area contributed by atoms with Gasteiger partial charge in [0.2, 0.25) is 0 Å². The van der Waals surface area contributed by atoms with Crippen LogP contribution in [0, 0.1) is 5.92 Å². The number of aromatic nitrogens is 1. The van der Waals surface area contributed by atoms with Gasteiger partial charge in [0, 0.05) is 30.5 Å². The van der Waals surface area contributed by atoms with E-state index in [1.54, 1.807) is 18.3 Å². The van der Waals surface area contributed by atoms with Gasteiger partial charge in [-0.3, -0.25) is 9.78 Å². The van der Waals surface area contributed by atoms with Gasteiger partial charge in [-0.1, -0.05) is 25.1 Å². The Kier molecular flexibility index (Phi) is 3.71. The van der Waals surface area contributed by atoms with Crippen LogP contribution in [0.2, 0.25) is 0 Å². The number of para-hydroxylation sites is 1. The minimum Gasteiger partial charge on any atom is -0.325 e. The van der Waals surface area contributed by atoms with Gasteiger partial charge in [0.15, 0.2) is 0 Å². The van der Waals surface area contributed by atoms with Crippen molar-refractivity contribution in [3.63, 3.8) is 0 Å². The predicted molar refractivity (Wildman–Crippen MR) is 83.1 cm³/mol. The third-order valence-corrected chi connectivity index (χ3v) is 3.86. The fraction of sp³-hybridized carbons (Fsp3) is 0.294. The number of nitrogens with zero attached hydrogens (tertiary/aromatic N) is 2. The first kappa shape index (κ1) is 13.8. The first-order valence-electron chi connectivity index (χ1n) is 7.24. The summed E-state index contributed by atoms with van der Waals surface area (Å²) in [6, 6.07) is 11.7. The smallest absolute Gasteiger partial charge is 0.258 e. The first-order valence-corrected chi connectivity index (χ1v) is 7.24. The quantitative estimate of drug-likeness (QED) is 0.919. The molecule has 1 aliphatic rings. The van der Waals surface area contributed by atoms with Gasteiger partial charge in [-0.2, -0.15) is 0 Å². The monoisotopic (exact) mass is 281 g/mol. The zero-order valence-corrected chi connectivity index (χ0v) is 12.1. The van der Waals surface area contributed by atoms with Crippen LogP contribution in [0.25, 0.3) is 0 Å². The molecule has 4 nitrogen and oxygen atoms in total. The van der Waals surface area contributed by atoms with E-state index in [0.29, 0.717) is 18.0 Å². The average molecular weight is 281 g/mol. The van der Waals surface area contributed by atoms with Crippen LogP contribution in [0.4, 0.5) is 5.69 Å². The maximum absolute atomic E-state index is 12.8. The highest BCUT2D eigenvalue weighted by Gasteiger charge is 2.26. The second-order valence-corrected chi connectivity index (χ2v) is 5.59. The van der Waals surface area contributed by atoms with Crippen molar-refractivity contribution in [2.45, 2.75) is 19.9 Å². The molecule has 1 aromatic heterocycles. The minimum atomic E-state index is 0.0195. The average Bonchev–Trinajstić information content (AvgIpc) is 2.53. The summed E-state index contributed by atoms with van der Waals surface area (Å²) in [6.07, 6.45) is 2.67. The normalized spacial score (nSPS) is 17.4. The van der Waals surface area contributed by atoms with Crippen molar-refractivity contribution in [3.8, 4) is 0 Å². The summed E-state index contributed by atoms with van der Waals surface area (Å²) in [5.41, 5.74) is 9.25. The van der Waals surface area contributed by atoms with Gasteiger partial charge in [0.25, 0.3) is 5.91 Å². The van der Waals surface area contributed by atoms with Gasteiger partial charge < -0.3 is 10.6 Å². The number of hydrogen-bond donors (Lipinski definition) is 1. The minimum absolute atomic E-state index is 0.0195. The number of amides is 1. The molecule has 2 N–H and O–H groups in total. The standard InChI is InChI=1S/C17H19N3O/c1-12-8-13-4-2-3-5-16(13)20(11-12)17(21)14-6-7-19-15(9-14)10-18/h2-7,9,12H,8,10-11,18H2,1H3. The van der Waals surface area contributed by atoms with Crippen LogP contribution >= 0.6 is 0 Å². The highest BCUT2D eigenvalue weighted by molar-refractivity contribution is 6.06. The lowest BCUT2D eigenvalue weighted by molar-refractivity contribution is 0.0981. The number of anilines is 1. The lowest BCUT2D eigenvalue weighted by atomic mass is 9.93. The van der Waals surface area contributed by atoms with Gasteiger partial charge in [-0.25, -0.2) is 0 Å². The van der Waals surface area contributed by atoms with E-state index in [1.807, 2.05) is 23.1 Å². The molecule has 1 aliphatic heterocycles. The molecule has 0 saturated carbocycles. The molecule has 1 atom stereocenters. The summed E-state index contributed by atoms with van der Waals surface area (Å²) < 4.78 is 0. The molecule has 0 fully saturated rings. The topological polar surface area (TPSA) is 59.2 Å². The molecule has 0 bridgehead atoms. The van der Waals surface area contributed by atoms with Crippen LogP contribution < -0.4 is 10.6 Å². The maximum Gasteiger partial charge on any atom is 0.258 e. The number of carbonyl (C=O) groups is 1.